The van der Waals surface area contributed by atoms with Crippen molar-refractivity contribution in [3.05, 3.63) is 82.4 Å². The summed E-state index contributed by atoms with van der Waals surface area (Å²) in [6, 6.07) is 10.3. The Labute approximate surface area is 193 Å². The lowest BCUT2D eigenvalue weighted by Gasteiger charge is -2.33. The van der Waals surface area contributed by atoms with E-state index >= 15 is 0 Å². The van der Waals surface area contributed by atoms with Gasteiger partial charge in [-0.1, -0.05) is 0 Å². The van der Waals surface area contributed by atoms with Gasteiger partial charge in [0.1, 0.15) is 17.5 Å². The van der Waals surface area contributed by atoms with Crippen LogP contribution in [0.2, 0.25) is 0 Å². The average molecular weight is 498 g/mol. The van der Waals surface area contributed by atoms with E-state index in [1.165, 1.54) is 6.07 Å². The van der Waals surface area contributed by atoms with Crippen molar-refractivity contribution >= 4 is 38.3 Å². The molecule has 5 nitrogen and oxygen atoms in total. The highest BCUT2D eigenvalue weighted by atomic mass is 79.9. The number of aromatic nitrogens is 3. The molecule has 1 aromatic carbocycles. The highest BCUT2D eigenvalue weighted by Crippen LogP contribution is 2.31. The molecule has 0 amide bonds. The number of benzene rings is 1. The molecular weight excluding hydrogens is 476 g/mol. The number of anilines is 2. The molecule has 0 aliphatic carbocycles. The summed E-state index contributed by atoms with van der Waals surface area (Å²) in [7, 11) is 0. The third-order valence-corrected chi connectivity index (χ3v) is 6.57. The summed E-state index contributed by atoms with van der Waals surface area (Å²) in [5, 5.41) is 0.687. The lowest BCUT2D eigenvalue weighted by molar-refractivity contribution is 0.495. The van der Waals surface area contributed by atoms with Gasteiger partial charge in [0.05, 0.1) is 17.8 Å². The van der Waals surface area contributed by atoms with Crippen molar-refractivity contribution in [1.82, 2.24) is 14.5 Å². The first-order valence-corrected chi connectivity index (χ1v) is 11.3. The second-order valence-electron chi connectivity index (χ2n) is 8.18. The molecule has 1 aliphatic heterocycles. The second-order valence-corrected chi connectivity index (χ2v) is 9.09. The molecule has 8 heteroatoms. The maximum absolute atomic E-state index is 14.9. The fourth-order valence-electron chi connectivity index (χ4n) is 4.43. The Hall–Kier alpha value is -3.00. The molecule has 0 spiro atoms. The lowest BCUT2D eigenvalue weighted by Crippen LogP contribution is -2.33. The minimum absolute atomic E-state index is 0.157. The standard InChI is InChI=1S/C24H22BrF2N5/c25-18-1-2-23(30-13-18)31-6-3-15(4-7-31)17-10-20(26)22(29-12-17)14-32-8-5-16-9-19(28)11-21(27)24(16)32/h1-2,5,8-13,15H,3-4,6-7,14,28H2. The van der Waals surface area contributed by atoms with E-state index in [0.717, 1.165) is 41.8 Å². The van der Waals surface area contributed by atoms with Gasteiger partial charge in [-0.05, 0) is 76.7 Å². The third kappa shape index (κ3) is 4.07. The minimum atomic E-state index is -0.422. The normalized spacial score (nSPS) is 14.9. The Morgan fingerprint density at radius 1 is 1.00 bits per heavy atom. The van der Waals surface area contributed by atoms with E-state index in [1.807, 2.05) is 12.1 Å². The molecule has 164 valence electrons. The zero-order valence-corrected chi connectivity index (χ0v) is 18.9. The molecule has 4 heterocycles. The van der Waals surface area contributed by atoms with Gasteiger partial charge in [-0.2, -0.15) is 0 Å². The smallest absolute Gasteiger partial charge is 0.149 e. The summed E-state index contributed by atoms with van der Waals surface area (Å²) in [4.78, 5) is 11.1. The van der Waals surface area contributed by atoms with Gasteiger partial charge >= 0.3 is 0 Å². The number of nitrogens with two attached hydrogens (primary N) is 1. The van der Waals surface area contributed by atoms with Crippen LogP contribution >= 0.6 is 15.9 Å². The molecule has 0 atom stereocenters. The number of fused-ring (bicyclic) bond motifs is 1. The molecule has 0 radical (unpaired) electrons. The van der Waals surface area contributed by atoms with E-state index in [9.17, 15) is 8.78 Å². The van der Waals surface area contributed by atoms with E-state index in [2.05, 4.69) is 30.8 Å². The third-order valence-electron chi connectivity index (χ3n) is 6.10. The van der Waals surface area contributed by atoms with Crippen LogP contribution in [0.25, 0.3) is 10.9 Å². The van der Waals surface area contributed by atoms with Gasteiger partial charge < -0.3 is 15.2 Å². The fourth-order valence-corrected chi connectivity index (χ4v) is 4.66. The number of hydrogen-bond donors (Lipinski definition) is 1. The molecule has 0 unspecified atom stereocenters. The van der Waals surface area contributed by atoms with Crippen LogP contribution in [0.15, 0.2) is 59.5 Å². The van der Waals surface area contributed by atoms with Gasteiger partial charge in [0.15, 0.2) is 0 Å². The van der Waals surface area contributed by atoms with E-state index < -0.39 is 5.82 Å². The molecule has 5 rings (SSSR count). The van der Waals surface area contributed by atoms with Crippen LogP contribution in [0.4, 0.5) is 20.3 Å². The quantitative estimate of drug-likeness (QED) is 0.379. The van der Waals surface area contributed by atoms with Gasteiger partial charge in [0.2, 0.25) is 0 Å². The first kappa shape index (κ1) is 20.9. The first-order chi connectivity index (χ1) is 15.5. The van der Waals surface area contributed by atoms with Crippen molar-refractivity contribution in [2.45, 2.75) is 25.3 Å². The van der Waals surface area contributed by atoms with Crippen LogP contribution in [0.1, 0.15) is 30.0 Å². The molecule has 2 N–H and O–H groups in total. The van der Waals surface area contributed by atoms with Gasteiger partial charge in [-0.25, -0.2) is 13.8 Å². The van der Waals surface area contributed by atoms with Crippen molar-refractivity contribution in [2.24, 2.45) is 0 Å². The molecule has 1 fully saturated rings. The van der Waals surface area contributed by atoms with Crippen LogP contribution in [-0.2, 0) is 6.54 Å². The molecule has 0 saturated carbocycles. The lowest BCUT2D eigenvalue weighted by atomic mass is 9.90. The van der Waals surface area contributed by atoms with Crippen LogP contribution in [0.5, 0.6) is 0 Å². The monoisotopic (exact) mass is 497 g/mol. The van der Waals surface area contributed by atoms with Crippen LogP contribution in [0.3, 0.4) is 0 Å². The Bertz CT molecular complexity index is 1260. The molecule has 0 bridgehead atoms. The SMILES string of the molecule is Nc1cc(F)c2c(ccn2Cc2ncc(C3CCN(c4ccc(Br)cn4)CC3)cc2F)c1. The molecule has 4 aromatic rings. The number of piperidine rings is 1. The number of halogens is 3. The first-order valence-electron chi connectivity index (χ1n) is 10.5. The molecular formula is C24H22BrF2N5. The molecule has 1 aliphatic rings. The summed E-state index contributed by atoms with van der Waals surface area (Å²) in [5.41, 5.74) is 7.68. The zero-order valence-electron chi connectivity index (χ0n) is 17.3. The summed E-state index contributed by atoms with van der Waals surface area (Å²) < 4.78 is 31.9. The molecule has 3 aromatic heterocycles. The van der Waals surface area contributed by atoms with Crippen molar-refractivity contribution in [3.8, 4) is 0 Å². The Kier molecular flexibility index (Phi) is 5.55. The predicted molar refractivity (Wildman–Crippen MR) is 126 cm³/mol. The summed E-state index contributed by atoms with van der Waals surface area (Å²) >= 11 is 3.41. The highest BCUT2D eigenvalue weighted by molar-refractivity contribution is 9.10. The van der Waals surface area contributed by atoms with Crippen LogP contribution < -0.4 is 10.6 Å². The van der Waals surface area contributed by atoms with Gasteiger partial charge in [0, 0.05) is 47.2 Å². The van der Waals surface area contributed by atoms with E-state index in [-0.39, 0.29) is 18.3 Å². The number of nitrogen functional groups attached to an aromatic ring is 1. The van der Waals surface area contributed by atoms with Gasteiger partial charge in [-0.15, -0.1) is 0 Å². The van der Waals surface area contributed by atoms with Crippen molar-refractivity contribution in [3.63, 3.8) is 0 Å². The van der Waals surface area contributed by atoms with Crippen molar-refractivity contribution in [1.29, 1.82) is 0 Å². The van der Waals surface area contributed by atoms with E-state index in [1.54, 1.807) is 41.4 Å². The summed E-state index contributed by atoms with van der Waals surface area (Å²) in [6.45, 7) is 1.88. The minimum Gasteiger partial charge on any atom is -0.399 e. The van der Waals surface area contributed by atoms with E-state index in [4.69, 9.17) is 5.73 Å². The maximum atomic E-state index is 14.9. The largest absolute Gasteiger partial charge is 0.399 e. The Balaban J connectivity index is 1.29. The maximum Gasteiger partial charge on any atom is 0.149 e. The zero-order chi connectivity index (χ0) is 22.2. The van der Waals surface area contributed by atoms with Crippen LogP contribution in [-0.4, -0.2) is 27.6 Å². The Morgan fingerprint density at radius 2 is 1.81 bits per heavy atom. The fraction of sp³-hybridized carbons (Fsp3) is 0.250. The van der Waals surface area contributed by atoms with E-state index in [0.29, 0.717) is 22.3 Å². The summed E-state index contributed by atoms with van der Waals surface area (Å²) in [6.07, 6.45) is 7.11. The number of rotatable bonds is 4. The van der Waals surface area contributed by atoms with Crippen LogP contribution in [0, 0.1) is 11.6 Å². The van der Waals surface area contributed by atoms with Gasteiger partial charge in [-0.3, -0.25) is 4.98 Å². The number of hydrogen-bond acceptors (Lipinski definition) is 4. The molecule has 32 heavy (non-hydrogen) atoms. The molecule has 1 saturated heterocycles. The van der Waals surface area contributed by atoms with Gasteiger partial charge in [0.25, 0.3) is 0 Å². The topological polar surface area (TPSA) is 60.0 Å². The summed E-state index contributed by atoms with van der Waals surface area (Å²) in [5.74, 6) is 0.427. The van der Waals surface area contributed by atoms with Crippen molar-refractivity contribution in [2.75, 3.05) is 23.7 Å². The second kappa shape index (κ2) is 8.50. The number of nitrogens with zero attached hydrogens (tertiary/aromatic N) is 4. The predicted octanol–water partition coefficient (Wildman–Crippen LogP) is 5.49. The average Bonchev–Trinajstić information content (AvgIpc) is 3.18. The highest BCUT2D eigenvalue weighted by Gasteiger charge is 2.23. The Morgan fingerprint density at radius 3 is 2.53 bits per heavy atom. The number of pyridine rings is 2. The van der Waals surface area contributed by atoms with Crippen molar-refractivity contribution < 1.29 is 8.78 Å².